The molecular formula is C21H29N5O3. The summed E-state index contributed by atoms with van der Waals surface area (Å²) >= 11 is 0. The maximum absolute atomic E-state index is 13.0. The first-order valence-electron chi connectivity index (χ1n) is 10.6. The Labute approximate surface area is 170 Å². The minimum atomic E-state index is -0.142. The molecule has 4 rings (SSSR count). The van der Waals surface area contributed by atoms with Gasteiger partial charge in [-0.05, 0) is 44.7 Å². The molecule has 3 heterocycles. The second kappa shape index (κ2) is 8.82. The summed E-state index contributed by atoms with van der Waals surface area (Å²) in [5.74, 6) is 0.506. The van der Waals surface area contributed by atoms with Gasteiger partial charge in [0.25, 0.3) is 5.56 Å². The number of aromatic nitrogens is 2. The van der Waals surface area contributed by atoms with Crippen LogP contribution in [0.25, 0.3) is 11.0 Å². The lowest BCUT2D eigenvalue weighted by Gasteiger charge is -2.33. The second-order valence-corrected chi connectivity index (χ2v) is 7.72. The summed E-state index contributed by atoms with van der Waals surface area (Å²) in [7, 11) is 0. The van der Waals surface area contributed by atoms with Gasteiger partial charge in [-0.15, -0.1) is 0 Å². The van der Waals surface area contributed by atoms with Gasteiger partial charge in [0.1, 0.15) is 0 Å². The highest BCUT2D eigenvalue weighted by Gasteiger charge is 2.25. The van der Waals surface area contributed by atoms with Gasteiger partial charge in [-0.3, -0.25) is 4.79 Å². The predicted molar refractivity (Wildman–Crippen MR) is 112 cm³/mol. The van der Waals surface area contributed by atoms with Crippen LogP contribution in [-0.4, -0.2) is 54.0 Å². The number of anilines is 1. The van der Waals surface area contributed by atoms with Gasteiger partial charge in [-0.25, -0.2) is 9.78 Å². The third-order valence-corrected chi connectivity index (χ3v) is 5.80. The lowest BCUT2D eigenvalue weighted by molar-refractivity contribution is 0.111. The van der Waals surface area contributed by atoms with E-state index in [0.717, 1.165) is 43.3 Å². The zero-order valence-corrected chi connectivity index (χ0v) is 16.9. The van der Waals surface area contributed by atoms with Crippen molar-refractivity contribution in [2.45, 2.75) is 51.3 Å². The quantitative estimate of drug-likeness (QED) is 0.801. The third kappa shape index (κ3) is 4.37. The van der Waals surface area contributed by atoms with Crippen LogP contribution in [0.4, 0.5) is 10.6 Å². The van der Waals surface area contributed by atoms with Crippen molar-refractivity contribution in [1.82, 2.24) is 20.2 Å². The summed E-state index contributed by atoms with van der Waals surface area (Å²) in [5, 5.41) is 5.95. The van der Waals surface area contributed by atoms with Crippen LogP contribution in [0.3, 0.4) is 0 Å². The monoisotopic (exact) mass is 399 g/mol. The molecule has 0 bridgehead atoms. The smallest absolute Gasteiger partial charge is 0.315 e. The molecule has 1 atom stereocenters. The highest BCUT2D eigenvalue weighted by atomic mass is 16.5. The topological polar surface area (TPSA) is 88.5 Å². The van der Waals surface area contributed by atoms with E-state index in [2.05, 4.69) is 15.6 Å². The fourth-order valence-corrected chi connectivity index (χ4v) is 4.18. The number of para-hydroxylation sites is 2. The number of hydrogen-bond donors (Lipinski definition) is 2. The number of fused-ring (bicyclic) bond motifs is 1. The normalized spacial score (nSPS) is 20.2. The number of nitrogens with one attached hydrogen (secondary N) is 2. The Bertz CT molecular complexity index is 914. The Morgan fingerprint density at radius 1 is 1.24 bits per heavy atom. The Morgan fingerprint density at radius 3 is 2.76 bits per heavy atom. The number of carbonyl (C=O) groups is 1. The van der Waals surface area contributed by atoms with Crippen molar-refractivity contribution in [1.29, 1.82) is 0 Å². The number of hydrogen-bond acceptors (Lipinski definition) is 5. The number of urea groups is 1. The van der Waals surface area contributed by atoms with E-state index in [0.29, 0.717) is 32.0 Å². The molecule has 8 nitrogen and oxygen atoms in total. The zero-order chi connectivity index (χ0) is 20.2. The van der Waals surface area contributed by atoms with Crippen LogP contribution in [0, 0.1) is 0 Å². The minimum Gasteiger partial charge on any atom is -0.376 e. The summed E-state index contributed by atoms with van der Waals surface area (Å²) in [6, 6.07) is 7.70. The van der Waals surface area contributed by atoms with Crippen molar-refractivity contribution in [3.8, 4) is 0 Å². The van der Waals surface area contributed by atoms with Gasteiger partial charge in [0, 0.05) is 38.8 Å². The molecule has 1 aromatic heterocycles. The van der Waals surface area contributed by atoms with Crippen molar-refractivity contribution < 1.29 is 9.53 Å². The minimum absolute atomic E-state index is 0.0492. The molecule has 2 fully saturated rings. The molecule has 2 aliphatic heterocycles. The van der Waals surface area contributed by atoms with Crippen LogP contribution in [0.5, 0.6) is 0 Å². The van der Waals surface area contributed by atoms with Gasteiger partial charge in [-0.2, -0.15) is 0 Å². The highest BCUT2D eigenvalue weighted by molar-refractivity contribution is 5.76. The first-order valence-corrected chi connectivity index (χ1v) is 10.6. The number of amides is 2. The predicted octanol–water partition coefficient (Wildman–Crippen LogP) is 1.86. The van der Waals surface area contributed by atoms with E-state index in [4.69, 9.17) is 4.74 Å². The van der Waals surface area contributed by atoms with Crippen LogP contribution in [-0.2, 0) is 11.3 Å². The van der Waals surface area contributed by atoms with E-state index in [1.807, 2.05) is 36.1 Å². The second-order valence-electron chi connectivity index (χ2n) is 7.72. The van der Waals surface area contributed by atoms with Gasteiger partial charge in [0.2, 0.25) is 0 Å². The molecule has 0 spiro atoms. The standard InChI is InChI=1S/C21H29N5O3/c1-2-26-18-8-4-3-7-17(18)24-19(20(26)27)25-11-9-15(10-12-25)23-21(28)22-14-16-6-5-13-29-16/h3-4,7-8,15-16H,2,5-6,9-14H2,1H3,(H2,22,23,28)/t16-/m0/s1. The van der Waals surface area contributed by atoms with E-state index in [1.54, 1.807) is 4.57 Å². The number of aryl methyl sites for hydroxylation is 1. The first-order chi connectivity index (χ1) is 14.2. The van der Waals surface area contributed by atoms with Gasteiger partial charge < -0.3 is 24.8 Å². The highest BCUT2D eigenvalue weighted by Crippen LogP contribution is 2.19. The van der Waals surface area contributed by atoms with Crippen molar-refractivity contribution in [3.05, 3.63) is 34.6 Å². The lowest BCUT2D eigenvalue weighted by atomic mass is 10.1. The van der Waals surface area contributed by atoms with E-state index in [-0.39, 0.29) is 23.7 Å². The molecule has 2 aromatic rings. The summed E-state index contributed by atoms with van der Waals surface area (Å²) in [6.45, 7) is 5.32. The number of nitrogens with zero attached hydrogens (tertiary/aromatic N) is 3. The number of benzene rings is 1. The van der Waals surface area contributed by atoms with Crippen LogP contribution >= 0.6 is 0 Å². The van der Waals surface area contributed by atoms with Crippen molar-refractivity contribution >= 4 is 22.9 Å². The first kappa shape index (κ1) is 19.7. The number of carbonyl (C=O) groups excluding carboxylic acids is 1. The Balaban J connectivity index is 1.36. The SMILES string of the molecule is CCn1c(=O)c(N2CCC(NC(=O)NC[C@@H]3CCCO3)CC2)nc2ccccc21. The molecule has 2 N–H and O–H groups in total. The maximum atomic E-state index is 13.0. The summed E-state index contributed by atoms with van der Waals surface area (Å²) in [4.78, 5) is 31.8. The van der Waals surface area contributed by atoms with Crippen molar-refractivity contribution in [2.24, 2.45) is 0 Å². The van der Waals surface area contributed by atoms with Gasteiger partial charge in [0.05, 0.1) is 17.1 Å². The molecule has 8 heteroatoms. The number of rotatable bonds is 5. The van der Waals surface area contributed by atoms with Crippen LogP contribution in [0.2, 0.25) is 0 Å². The Morgan fingerprint density at radius 2 is 2.03 bits per heavy atom. The van der Waals surface area contributed by atoms with Gasteiger partial charge in [0.15, 0.2) is 5.82 Å². The number of ether oxygens (including phenoxy) is 1. The van der Waals surface area contributed by atoms with E-state index in [1.165, 1.54) is 0 Å². The third-order valence-electron chi connectivity index (χ3n) is 5.80. The molecule has 0 unspecified atom stereocenters. The largest absolute Gasteiger partial charge is 0.376 e. The molecule has 1 aromatic carbocycles. The average Bonchev–Trinajstić information content (AvgIpc) is 3.26. The van der Waals surface area contributed by atoms with Gasteiger partial charge in [-0.1, -0.05) is 12.1 Å². The molecular weight excluding hydrogens is 370 g/mol. The van der Waals surface area contributed by atoms with Gasteiger partial charge >= 0.3 is 6.03 Å². The average molecular weight is 399 g/mol. The molecule has 0 saturated carbocycles. The Kier molecular flexibility index (Phi) is 5.99. The Hall–Kier alpha value is -2.61. The molecule has 156 valence electrons. The molecule has 2 saturated heterocycles. The lowest BCUT2D eigenvalue weighted by Crippen LogP contribution is -2.50. The summed E-state index contributed by atoms with van der Waals surface area (Å²) < 4.78 is 7.31. The molecule has 0 radical (unpaired) electrons. The molecule has 2 aliphatic rings. The maximum Gasteiger partial charge on any atom is 0.315 e. The van der Waals surface area contributed by atoms with E-state index in [9.17, 15) is 9.59 Å². The van der Waals surface area contributed by atoms with E-state index >= 15 is 0 Å². The van der Waals surface area contributed by atoms with Crippen LogP contribution in [0.15, 0.2) is 29.1 Å². The van der Waals surface area contributed by atoms with Crippen LogP contribution < -0.4 is 21.1 Å². The fourth-order valence-electron chi connectivity index (χ4n) is 4.18. The van der Waals surface area contributed by atoms with Crippen molar-refractivity contribution in [3.63, 3.8) is 0 Å². The molecule has 2 amide bonds. The van der Waals surface area contributed by atoms with E-state index < -0.39 is 0 Å². The zero-order valence-electron chi connectivity index (χ0n) is 16.9. The molecule has 29 heavy (non-hydrogen) atoms. The number of piperidine rings is 1. The fraction of sp³-hybridized carbons (Fsp3) is 0.571. The van der Waals surface area contributed by atoms with Crippen LogP contribution in [0.1, 0.15) is 32.6 Å². The van der Waals surface area contributed by atoms with Crippen molar-refractivity contribution in [2.75, 3.05) is 31.1 Å². The summed E-state index contributed by atoms with van der Waals surface area (Å²) in [6.07, 6.45) is 3.78. The summed E-state index contributed by atoms with van der Waals surface area (Å²) in [5.41, 5.74) is 1.65. The molecule has 0 aliphatic carbocycles.